The van der Waals surface area contributed by atoms with Crippen LogP contribution in [0.3, 0.4) is 0 Å². The second-order valence-electron chi connectivity index (χ2n) is 7.31. The molecule has 0 aliphatic carbocycles. The highest BCUT2D eigenvalue weighted by molar-refractivity contribution is 7.99. The number of nitrogens with zero attached hydrogens (tertiary/aromatic N) is 1. The summed E-state index contributed by atoms with van der Waals surface area (Å²) in [6, 6.07) is 15.3. The fourth-order valence-electron chi connectivity index (χ4n) is 3.12. The van der Waals surface area contributed by atoms with Crippen LogP contribution in [0, 0.1) is 6.92 Å². The van der Waals surface area contributed by atoms with Crippen LogP contribution in [0.25, 0.3) is 0 Å². The summed E-state index contributed by atoms with van der Waals surface area (Å²) in [5, 5.41) is 3.65. The number of thioether (sulfide) groups is 1. The number of aryl methyl sites for hydroxylation is 1. The molecule has 162 valence electrons. The first-order valence-electron chi connectivity index (χ1n) is 10.4. The highest BCUT2D eigenvalue weighted by atomic mass is 35.5. The number of halogens is 1. The van der Waals surface area contributed by atoms with Gasteiger partial charge in [0.25, 0.3) is 0 Å². The molecule has 1 N–H and O–H groups in total. The molecule has 0 saturated carbocycles. The molecule has 2 aromatic rings. The fourth-order valence-corrected chi connectivity index (χ4v) is 4.32. The van der Waals surface area contributed by atoms with Crippen molar-refractivity contribution in [3.8, 4) is 0 Å². The molecule has 0 spiro atoms. The predicted octanol–water partition coefficient (Wildman–Crippen LogP) is 5.22. The molecule has 0 aliphatic heterocycles. The number of carbonyl (C=O) groups excluding carboxylic acids is 2. The van der Waals surface area contributed by atoms with Crippen molar-refractivity contribution in [2.75, 3.05) is 12.3 Å². The summed E-state index contributed by atoms with van der Waals surface area (Å²) in [5.74, 6) is 0.832. The molecule has 0 aliphatic rings. The molecular formula is C24H31ClN2O2S. The Hall–Kier alpha value is -1.98. The third-order valence-corrected chi connectivity index (χ3v) is 6.18. The zero-order valence-electron chi connectivity index (χ0n) is 18.0. The minimum absolute atomic E-state index is 0.0360. The van der Waals surface area contributed by atoms with Crippen molar-refractivity contribution in [2.45, 2.75) is 52.0 Å². The SMILES string of the molecule is CCCNC(=O)C(CC)N(Cc1ccc(C)cc1)C(=O)CSCc1ccccc1Cl. The highest BCUT2D eigenvalue weighted by Crippen LogP contribution is 2.22. The van der Waals surface area contributed by atoms with Crippen LogP contribution in [-0.4, -0.2) is 35.1 Å². The highest BCUT2D eigenvalue weighted by Gasteiger charge is 2.28. The average molecular weight is 447 g/mol. The summed E-state index contributed by atoms with van der Waals surface area (Å²) in [7, 11) is 0. The number of carbonyl (C=O) groups is 2. The molecule has 4 nitrogen and oxygen atoms in total. The van der Waals surface area contributed by atoms with Crippen LogP contribution in [0.4, 0.5) is 0 Å². The Balaban J connectivity index is 2.11. The quantitative estimate of drug-likeness (QED) is 0.515. The predicted molar refractivity (Wildman–Crippen MR) is 127 cm³/mol. The Morgan fingerprint density at radius 3 is 2.43 bits per heavy atom. The molecule has 2 rings (SSSR count). The molecule has 0 bridgehead atoms. The van der Waals surface area contributed by atoms with Gasteiger partial charge < -0.3 is 10.2 Å². The van der Waals surface area contributed by atoms with E-state index in [1.54, 1.807) is 4.90 Å². The van der Waals surface area contributed by atoms with Crippen molar-refractivity contribution >= 4 is 35.2 Å². The maximum absolute atomic E-state index is 13.2. The van der Waals surface area contributed by atoms with Gasteiger partial charge in [0.05, 0.1) is 5.75 Å². The van der Waals surface area contributed by atoms with Crippen molar-refractivity contribution in [3.05, 3.63) is 70.2 Å². The Morgan fingerprint density at radius 2 is 1.80 bits per heavy atom. The van der Waals surface area contributed by atoms with Gasteiger partial charge in [-0.15, -0.1) is 11.8 Å². The second kappa shape index (κ2) is 12.7. The summed E-state index contributed by atoms with van der Waals surface area (Å²) >= 11 is 7.74. The van der Waals surface area contributed by atoms with Crippen LogP contribution >= 0.6 is 23.4 Å². The van der Waals surface area contributed by atoms with Gasteiger partial charge in [-0.05, 0) is 37.0 Å². The lowest BCUT2D eigenvalue weighted by molar-refractivity contribution is -0.139. The van der Waals surface area contributed by atoms with Crippen LogP contribution in [-0.2, 0) is 21.9 Å². The van der Waals surface area contributed by atoms with E-state index >= 15 is 0 Å². The third-order valence-electron chi connectivity index (χ3n) is 4.85. The van der Waals surface area contributed by atoms with Crippen LogP contribution in [0.15, 0.2) is 48.5 Å². The van der Waals surface area contributed by atoms with Crippen LogP contribution in [0.5, 0.6) is 0 Å². The van der Waals surface area contributed by atoms with Gasteiger partial charge in [0.15, 0.2) is 0 Å². The first-order valence-corrected chi connectivity index (χ1v) is 11.9. The van der Waals surface area contributed by atoms with E-state index in [1.165, 1.54) is 17.3 Å². The molecule has 2 aromatic carbocycles. The van der Waals surface area contributed by atoms with Crippen molar-refractivity contribution in [3.63, 3.8) is 0 Å². The Labute approximate surface area is 189 Å². The number of nitrogens with one attached hydrogen (secondary N) is 1. The third kappa shape index (κ3) is 7.37. The average Bonchev–Trinajstić information content (AvgIpc) is 2.74. The Kier molecular flexibility index (Phi) is 10.2. The van der Waals surface area contributed by atoms with E-state index in [0.717, 1.165) is 17.5 Å². The van der Waals surface area contributed by atoms with Gasteiger partial charge >= 0.3 is 0 Å². The lowest BCUT2D eigenvalue weighted by atomic mass is 10.1. The molecule has 30 heavy (non-hydrogen) atoms. The summed E-state index contributed by atoms with van der Waals surface area (Å²) in [5.41, 5.74) is 3.20. The minimum Gasteiger partial charge on any atom is -0.354 e. The van der Waals surface area contributed by atoms with Crippen molar-refractivity contribution in [1.29, 1.82) is 0 Å². The molecule has 1 atom stereocenters. The van der Waals surface area contributed by atoms with Crippen molar-refractivity contribution in [1.82, 2.24) is 10.2 Å². The van der Waals surface area contributed by atoms with E-state index < -0.39 is 6.04 Å². The number of benzene rings is 2. The molecule has 6 heteroatoms. The topological polar surface area (TPSA) is 49.4 Å². The van der Waals surface area contributed by atoms with Crippen LogP contribution < -0.4 is 5.32 Å². The summed E-state index contributed by atoms with van der Waals surface area (Å²) in [6.07, 6.45) is 1.43. The zero-order chi connectivity index (χ0) is 21.9. The van der Waals surface area contributed by atoms with Gasteiger partial charge in [-0.25, -0.2) is 0 Å². The van der Waals surface area contributed by atoms with Gasteiger partial charge in [-0.2, -0.15) is 0 Å². The van der Waals surface area contributed by atoms with E-state index in [1.807, 2.05) is 69.3 Å². The first-order chi connectivity index (χ1) is 14.5. The molecule has 0 aromatic heterocycles. The smallest absolute Gasteiger partial charge is 0.242 e. The number of hydrogen-bond acceptors (Lipinski definition) is 3. The van der Waals surface area contributed by atoms with Gasteiger partial charge in [-0.1, -0.05) is 73.5 Å². The first kappa shape index (κ1) is 24.3. The summed E-state index contributed by atoms with van der Waals surface area (Å²) in [6.45, 7) is 7.03. The fraction of sp³-hybridized carbons (Fsp3) is 0.417. The van der Waals surface area contributed by atoms with Crippen LogP contribution in [0.1, 0.15) is 43.4 Å². The minimum atomic E-state index is -0.480. The van der Waals surface area contributed by atoms with Gasteiger partial charge in [0, 0.05) is 23.9 Å². The van der Waals surface area contributed by atoms with E-state index in [0.29, 0.717) is 36.0 Å². The lowest BCUT2D eigenvalue weighted by Gasteiger charge is -2.30. The second-order valence-corrected chi connectivity index (χ2v) is 8.70. The Morgan fingerprint density at radius 1 is 1.10 bits per heavy atom. The molecular weight excluding hydrogens is 416 g/mol. The summed E-state index contributed by atoms with van der Waals surface area (Å²) in [4.78, 5) is 27.6. The Bertz CT molecular complexity index is 826. The number of hydrogen-bond donors (Lipinski definition) is 1. The largest absolute Gasteiger partial charge is 0.354 e. The van der Waals surface area contributed by atoms with Gasteiger partial charge in [-0.3, -0.25) is 9.59 Å². The molecule has 0 heterocycles. The van der Waals surface area contributed by atoms with E-state index in [4.69, 9.17) is 11.6 Å². The summed E-state index contributed by atoms with van der Waals surface area (Å²) < 4.78 is 0. The number of rotatable bonds is 11. The van der Waals surface area contributed by atoms with Crippen molar-refractivity contribution in [2.24, 2.45) is 0 Å². The van der Waals surface area contributed by atoms with E-state index in [2.05, 4.69) is 5.32 Å². The lowest BCUT2D eigenvalue weighted by Crippen LogP contribution is -2.49. The zero-order valence-corrected chi connectivity index (χ0v) is 19.6. The molecule has 2 amide bonds. The molecule has 0 radical (unpaired) electrons. The number of amides is 2. The van der Waals surface area contributed by atoms with Gasteiger partial charge in [0.2, 0.25) is 11.8 Å². The maximum atomic E-state index is 13.2. The normalized spacial score (nSPS) is 11.7. The monoisotopic (exact) mass is 446 g/mol. The van der Waals surface area contributed by atoms with E-state index in [9.17, 15) is 9.59 Å². The van der Waals surface area contributed by atoms with Crippen LogP contribution in [0.2, 0.25) is 5.02 Å². The maximum Gasteiger partial charge on any atom is 0.242 e. The molecule has 0 fully saturated rings. The van der Waals surface area contributed by atoms with E-state index in [-0.39, 0.29) is 11.8 Å². The van der Waals surface area contributed by atoms with Crippen molar-refractivity contribution < 1.29 is 9.59 Å². The molecule has 0 saturated heterocycles. The standard InChI is InChI=1S/C24H31ClN2O2S/c1-4-14-26-24(29)22(5-2)27(15-19-12-10-18(3)11-13-19)23(28)17-30-16-20-8-6-7-9-21(20)25/h6-13,22H,4-5,14-17H2,1-3H3,(H,26,29). The van der Waals surface area contributed by atoms with Gasteiger partial charge in [0.1, 0.15) is 6.04 Å². The molecule has 1 unspecified atom stereocenters.